The molecule has 3 heterocycles. The lowest BCUT2D eigenvalue weighted by atomic mass is 9.66. The zero-order valence-electron chi connectivity index (χ0n) is 24.3. The van der Waals surface area contributed by atoms with Gasteiger partial charge in [-0.3, -0.25) is 14.7 Å². The Labute approximate surface area is 240 Å². The number of H-pyrrole nitrogens is 1. The van der Waals surface area contributed by atoms with E-state index in [1.54, 1.807) is 19.1 Å². The number of carbonyl (C=O) groups excluding carboxylic acids is 2. The van der Waals surface area contributed by atoms with E-state index in [1.165, 1.54) is 19.1 Å². The van der Waals surface area contributed by atoms with E-state index >= 15 is 4.39 Å². The molecule has 0 bridgehead atoms. The van der Waals surface area contributed by atoms with Crippen LogP contribution in [0.15, 0.2) is 22.9 Å². The van der Waals surface area contributed by atoms with Gasteiger partial charge in [0.25, 0.3) is 5.91 Å². The van der Waals surface area contributed by atoms with Crippen molar-refractivity contribution in [3.8, 4) is 11.1 Å². The average Bonchev–Trinajstić information content (AvgIpc) is 3.58. The first kappa shape index (κ1) is 29.0. The van der Waals surface area contributed by atoms with Crippen LogP contribution in [0.25, 0.3) is 11.1 Å². The molecule has 0 aliphatic heterocycles. The summed E-state index contributed by atoms with van der Waals surface area (Å²) >= 11 is 0. The van der Waals surface area contributed by atoms with Gasteiger partial charge in [0.1, 0.15) is 23.7 Å². The molecule has 5 rings (SSSR count). The number of carbonyl (C=O) groups is 2. The van der Waals surface area contributed by atoms with Crippen LogP contribution in [0, 0.1) is 37.5 Å². The Balaban J connectivity index is 1.45. The molecule has 2 amide bonds. The van der Waals surface area contributed by atoms with Crippen LogP contribution in [0.4, 0.5) is 10.2 Å². The van der Waals surface area contributed by atoms with Gasteiger partial charge in [-0.05, 0) is 50.2 Å². The largest absolute Gasteiger partial charge is 0.364 e. The fourth-order valence-electron chi connectivity index (χ4n) is 7.02. The highest BCUT2D eigenvalue weighted by Gasteiger charge is 2.41. The maximum atomic E-state index is 15.4. The summed E-state index contributed by atoms with van der Waals surface area (Å²) < 4.78 is 20.4. The predicted molar refractivity (Wildman–Crippen MR) is 154 cm³/mol. The number of nitrogens with zero attached hydrogens (tertiary/aromatic N) is 3. The summed E-state index contributed by atoms with van der Waals surface area (Å²) in [6.07, 6.45) is 13.0. The Hall–Kier alpha value is -3.56. The lowest BCUT2D eigenvalue weighted by Gasteiger charge is -2.41. The van der Waals surface area contributed by atoms with Gasteiger partial charge < -0.3 is 15.2 Å². The molecule has 0 radical (unpaired) electrons. The molecule has 3 aromatic heterocycles. The first-order chi connectivity index (χ1) is 19.9. The van der Waals surface area contributed by atoms with Gasteiger partial charge in [-0.2, -0.15) is 9.49 Å². The zero-order chi connectivity index (χ0) is 28.9. The summed E-state index contributed by atoms with van der Waals surface area (Å²) in [6.45, 7) is 5.51. The molecule has 2 saturated carbocycles. The number of halogens is 1. The van der Waals surface area contributed by atoms with E-state index in [4.69, 9.17) is 4.52 Å². The SMILES string of the molecule is CCc1n[nH]c(C)c1-c1ccc(NC(=O)[C@@H](NC(=O)c2conc2C)C(C2CCCCC2)C2CCCCC2)nc1F. The van der Waals surface area contributed by atoms with Gasteiger partial charge in [0, 0.05) is 16.8 Å². The van der Waals surface area contributed by atoms with Crippen LogP contribution in [-0.2, 0) is 11.2 Å². The minimum Gasteiger partial charge on any atom is -0.364 e. The molecule has 0 spiro atoms. The Morgan fingerprint density at radius 3 is 2.27 bits per heavy atom. The highest BCUT2D eigenvalue weighted by atomic mass is 19.1. The van der Waals surface area contributed by atoms with Crippen LogP contribution >= 0.6 is 0 Å². The van der Waals surface area contributed by atoms with Gasteiger partial charge in [-0.1, -0.05) is 76.3 Å². The molecule has 10 heteroatoms. The standard InChI is InChI=1S/C31H41FN6O3/c1-4-24-26(19(3)36-37-24)22-15-16-25(33-29(22)32)34-31(40)28(35-30(39)23-17-41-38-18(23)2)27(20-11-7-5-8-12-20)21-13-9-6-10-14-21/h15-17,20-21,27-28H,4-14H2,1-3H3,(H,35,39)(H,36,37)(H,33,34,40)/t28-/m0/s1. The molecule has 2 fully saturated rings. The maximum Gasteiger partial charge on any atom is 0.257 e. The number of hydrogen-bond donors (Lipinski definition) is 3. The molecule has 9 nitrogen and oxygen atoms in total. The normalized spacial score (nSPS) is 17.5. The molecule has 2 aliphatic rings. The number of nitrogens with one attached hydrogen (secondary N) is 3. The summed E-state index contributed by atoms with van der Waals surface area (Å²) in [5.41, 5.74) is 3.32. The van der Waals surface area contributed by atoms with Gasteiger partial charge >= 0.3 is 0 Å². The van der Waals surface area contributed by atoms with Crippen LogP contribution in [0.2, 0.25) is 0 Å². The lowest BCUT2D eigenvalue weighted by Crippen LogP contribution is -2.53. The quantitative estimate of drug-likeness (QED) is 0.262. The fourth-order valence-corrected chi connectivity index (χ4v) is 7.02. The summed E-state index contributed by atoms with van der Waals surface area (Å²) in [5, 5.41) is 16.9. The number of anilines is 1. The van der Waals surface area contributed by atoms with E-state index in [0.29, 0.717) is 40.6 Å². The van der Waals surface area contributed by atoms with Crippen molar-refractivity contribution in [3.05, 3.63) is 47.0 Å². The monoisotopic (exact) mass is 564 g/mol. The van der Waals surface area contributed by atoms with Crippen molar-refractivity contribution in [2.45, 2.75) is 97.4 Å². The summed E-state index contributed by atoms with van der Waals surface area (Å²) in [6, 6.07) is 2.44. The number of amides is 2. The smallest absolute Gasteiger partial charge is 0.257 e. The molecule has 0 aromatic carbocycles. The number of aromatic amines is 1. The topological polar surface area (TPSA) is 126 Å². The minimum atomic E-state index is -0.796. The van der Waals surface area contributed by atoms with Crippen LogP contribution in [0.1, 0.15) is 98.6 Å². The fraction of sp³-hybridized carbons (Fsp3) is 0.581. The summed E-state index contributed by atoms with van der Waals surface area (Å²) in [4.78, 5) is 31.6. The zero-order valence-corrected chi connectivity index (χ0v) is 24.3. The minimum absolute atomic E-state index is 0.0236. The number of pyridine rings is 1. The second-order valence-corrected chi connectivity index (χ2v) is 11.7. The van der Waals surface area contributed by atoms with Gasteiger partial charge in [0.2, 0.25) is 11.9 Å². The lowest BCUT2D eigenvalue weighted by molar-refractivity contribution is -0.121. The predicted octanol–water partition coefficient (Wildman–Crippen LogP) is 6.29. The van der Waals surface area contributed by atoms with Crippen molar-refractivity contribution in [3.63, 3.8) is 0 Å². The van der Waals surface area contributed by atoms with Crippen LogP contribution in [0.5, 0.6) is 0 Å². The molecule has 220 valence electrons. The van der Waals surface area contributed by atoms with Crippen molar-refractivity contribution >= 4 is 17.6 Å². The molecule has 1 atom stereocenters. The van der Waals surface area contributed by atoms with E-state index < -0.39 is 17.9 Å². The van der Waals surface area contributed by atoms with Crippen LogP contribution < -0.4 is 10.6 Å². The summed E-state index contributed by atoms with van der Waals surface area (Å²) in [7, 11) is 0. The van der Waals surface area contributed by atoms with Crippen molar-refractivity contribution in [2.75, 3.05) is 5.32 Å². The third-order valence-electron chi connectivity index (χ3n) is 9.06. The van der Waals surface area contributed by atoms with Crippen molar-refractivity contribution in [1.29, 1.82) is 0 Å². The first-order valence-electron chi connectivity index (χ1n) is 15.1. The molecular weight excluding hydrogens is 523 g/mol. The third-order valence-corrected chi connectivity index (χ3v) is 9.06. The first-order valence-corrected chi connectivity index (χ1v) is 15.1. The van der Waals surface area contributed by atoms with Crippen LogP contribution in [-0.4, -0.2) is 38.2 Å². The van der Waals surface area contributed by atoms with Gasteiger partial charge in [0.15, 0.2) is 0 Å². The Bertz CT molecular complexity index is 1340. The molecule has 2 aliphatic carbocycles. The molecular formula is C31H41FN6O3. The van der Waals surface area contributed by atoms with Crippen LogP contribution in [0.3, 0.4) is 0 Å². The highest BCUT2D eigenvalue weighted by Crippen LogP contribution is 2.42. The van der Waals surface area contributed by atoms with Gasteiger partial charge in [-0.25, -0.2) is 4.98 Å². The molecule has 0 saturated heterocycles. The molecule has 41 heavy (non-hydrogen) atoms. The Morgan fingerprint density at radius 2 is 1.71 bits per heavy atom. The van der Waals surface area contributed by atoms with E-state index in [9.17, 15) is 9.59 Å². The van der Waals surface area contributed by atoms with Crippen molar-refractivity contribution in [2.24, 2.45) is 17.8 Å². The molecule has 0 unspecified atom stereocenters. The number of aromatic nitrogens is 4. The molecule has 3 aromatic rings. The highest BCUT2D eigenvalue weighted by molar-refractivity contribution is 6.01. The maximum absolute atomic E-state index is 15.4. The molecule has 3 N–H and O–H groups in total. The Morgan fingerprint density at radius 1 is 1.05 bits per heavy atom. The van der Waals surface area contributed by atoms with E-state index in [0.717, 1.165) is 62.8 Å². The Kier molecular flexibility index (Phi) is 9.15. The van der Waals surface area contributed by atoms with E-state index in [2.05, 4.69) is 31.0 Å². The van der Waals surface area contributed by atoms with Gasteiger partial charge in [-0.15, -0.1) is 0 Å². The number of rotatable bonds is 9. The third kappa shape index (κ3) is 6.36. The van der Waals surface area contributed by atoms with E-state index in [-0.39, 0.29) is 17.6 Å². The number of hydrogen-bond acceptors (Lipinski definition) is 6. The second kappa shape index (κ2) is 13.0. The van der Waals surface area contributed by atoms with Crippen molar-refractivity contribution in [1.82, 2.24) is 25.7 Å². The average molecular weight is 565 g/mol. The second-order valence-electron chi connectivity index (χ2n) is 11.7. The van der Waals surface area contributed by atoms with Crippen molar-refractivity contribution < 1.29 is 18.5 Å². The summed E-state index contributed by atoms with van der Waals surface area (Å²) in [5.74, 6) is -0.699. The number of aryl methyl sites for hydroxylation is 3. The van der Waals surface area contributed by atoms with E-state index in [1.807, 2.05) is 13.8 Å². The van der Waals surface area contributed by atoms with Gasteiger partial charge in [0.05, 0.1) is 11.4 Å².